The Kier molecular flexibility index (Phi) is 4.22. The van der Waals surface area contributed by atoms with Crippen molar-refractivity contribution >= 4 is 22.8 Å². The Morgan fingerprint density at radius 3 is 2.60 bits per heavy atom. The molecule has 2 heterocycles. The summed E-state index contributed by atoms with van der Waals surface area (Å²) in [5.41, 5.74) is 1.57. The number of furan rings is 1. The summed E-state index contributed by atoms with van der Waals surface area (Å²) in [6, 6.07) is 5.31. The van der Waals surface area contributed by atoms with Crippen molar-refractivity contribution < 1.29 is 32.3 Å². The maximum atomic E-state index is 13.1. The standard InChI is InChI=1S/C17H16F3NO4/c1-2-9-3-4-14-10(5-9)12(8-25-14)15(22)21-6-11(16(23)24)13(7-21)17(18,19)20/h3-5,8,11,13H,2,6-7H2,1H3,(H,23,24)/t11-,13-/m1/s1. The normalized spacial score (nSPS) is 21.0. The maximum absolute atomic E-state index is 13.1. The molecule has 1 aliphatic heterocycles. The number of alkyl halides is 3. The Bertz CT molecular complexity index is 827. The lowest BCUT2D eigenvalue weighted by Gasteiger charge is -2.18. The SMILES string of the molecule is CCc1ccc2occ(C(=O)N3C[C@@H](C(F)(F)F)[C@H](C(=O)O)C3)c2c1. The zero-order chi connectivity index (χ0) is 18.4. The quantitative estimate of drug-likeness (QED) is 0.917. The largest absolute Gasteiger partial charge is 0.481 e. The van der Waals surface area contributed by atoms with Crippen molar-refractivity contribution in [3.63, 3.8) is 0 Å². The molecule has 0 spiro atoms. The molecule has 0 radical (unpaired) electrons. The van der Waals surface area contributed by atoms with Gasteiger partial charge in [0.05, 0.1) is 17.4 Å². The molecule has 0 saturated carbocycles. The van der Waals surface area contributed by atoms with Crippen molar-refractivity contribution in [2.75, 3.05) is 13.1 Å². The van der Waals surface area contributed by atoms with Gasteiger partial charge >= 0.3 is 12.1 Å². The van der Waals surface area contributed by atoms with Crippen LogP contribution in [0, 0.1) is 11.8 Å². The summed E-state index contributed by atoms with van der Waals surface area (Å²) in [7, 11) is 0. The monoisotopic (exact) mass is 355 g/mol. The minimum atomic E-state index is -4.67. The third kappa shape index (κ3) is 3.08. The number of likely N-dealkylation sites (tertiary alicyclic amines) is 1. The molecule has 0 unspecified atom stereocenters. The smallest absolute Gasteiger partial charge is 0.394 e. The molecule has 25 heavy (non-hydrogen) atoms. The molecule has 1 aromatic carbocycles. The van der Waals surface area contributed by atoms with Gasteiger partial charge in [0, 0.05) is 18.5 Å². The number of carboxylic acids is 1. The van der Waals surface area contributed by atoms with Crippen molar-refractivity contribution in [1.82, 2.24) is 4.90 Å². The summed E-state index contributed by atoms with van der Waals surface area (Å²) >= 11 is 0. The molecule has 3 rings (SSSR count). The van der Waals surface area contributed by atoms with Crippen LogP contribution >= 0.6 is 0 Å². The molecule has 2 atom stereocenters. The van der Waals surface area contributed by atoms with Crippen molar-refractivity contribution in [2.45, 2.75) is 19.5 Å². The van der Waals surface area contributed by atoms with E-state index in [1.54, 1.807) is 12.1 Å². The van der Waals surface area contributed by atoms with Crippen LogP contribution in [0.4, 0.5) is 13.2 Å². The van der Waals surface area contributed by atoms with E-state index in [0.717, 1.165) is 16.9 Å². The molecule has 0 bridgehead atoms. The predicted octanol–water partition coefficient (Wildman–Crippen LogP) is 3.33. The molecule has 1 aliphatic rings. The highest BCUT2D eigenvalue weighted by Gasteiger charge is 2.53. The Morgan fingerprint density at radius 1 is 1.32 bits per heavy atom. The lowest BCUT2D eigenvalue weighted by Crippen LogP contribution is -2.34. The number of halogens is 3. The minimum Gasteiger partial charge on any atom is -0.481 e. The highest BCUT2D eigenvalue weighted by molar-refractivity contribution is 6.06. The number of hydrogen-bond acceptors (Lipinski definition) is 3. The van der Waals surface area contributed by atoms with Crippen LogP contribution in [0.3, 0.4) is 0 Å². The molecule has 1 aromatic heterocycles. The number of fused-ring (bicyclic) bond motifs is 1. The van der Waals surface area contributed by atoms with Gasteiger partial charge < -0.3 is 14.4 Å². The van der Waals surface area contributed by atoms with Gasteiger partial charge in [-0.25, -0.2) is 0 Å². The Morgan fingerprint density at radius 2 is 2.04 bits per heavy atom. The van der Waals surface area contributed by atoms with Gasteiger partial charge in [-0.1, -0.05) is 13.0 Å². The number of carbonyl (C=O) groups is 2. The van der Waals surface area contributed by atoms with Gasteiger partial charge in [-0.05, 0) is 24.1 Å². The highest BCUT2D eigenvalue weighted by Crippen LogP contribution is 2.38. The number of benzene rings is 1. The van der Waals surface area contributed by atoms with E-state index in [0.29, 0.717) is 11.0 Å². The van der Waals surface area contributed by atoms with E-state index >= 15 is 0 Å². The van der Waals surface area contributed by atoms with Crippen LogP contribution in [0.2, 0.25) is 0 Å². The van der Waals surface area contributed by atoms with E-state index in [-0.39, 0.29) is 5.56 Å². The zero-order valence-electron chi connectivity index (χ0n) is 13.3. The fourth-order valence-corrected chi connectivity index (χ4v) is 3.18. The first-order valence-electron chi connectivity index (χ1n) is 7.81. The van der Waals surface area contributed by atoms with Gasteiger partial charge in [-0.2, -0.15) is 13.2 Å². The lowest BCUT2D eigenvalue weighted by molar-refractivity contribution is -0.187. The molecule has 134 valence electrons. The predicted molar refractivity (Wildman–Crippen MR) is 82.2 cm³/mol. The Balaban J connectivity index is 1.92. The van der Waals surface area contributed by atoms with Gasteiger partial charge in [0.15, 0.2) is 0 Å². The van der Waals surface area contributed by atoms with Gasteiger partial charge in [0.2, 0.25) is 0 Å². The number of rotatable bonds is 3. The van der Waals surface area contributed by atoms with Crippen molar-refractivity contribution in [1.29, 1.82) is 0 Å². The second-order valence-electron chi connectivity index (χ2n) is 6.14. The fourth-order valence-electron chi connectivity index (χ4n) is 3.18. The third-order valence-corrected chi connectivity index (χ3v) is 4.62. The Labute approximate surface area is 141 Å². The first-order chi connectivity index (χ1) is 11.7. The highest BCUT2D eigenvalue weighted by atomic mass is 19.4. The zero-order valence-corrected chi connectivity index (χ0v) is 13.3. The van der Waals surface area contributed by atoms with Crippen LogP contribution in [-0.2, 0) is 11.2 Å². The second-order valence-corrected chi connectivity index (χ2v) is 6.14. The summed E-state index contributed by atoms with van der Waals surface area (Å²) in [6.07, 6.45) is -2.73. The van der Waals surface area contributed by atoms with Crippen molar-refractivity contribution in [3.05, 3.63) is 35.6 Å². The Hall–Kier alpha value is -2.51. The summed E-state index contributed by atoms with van der Waals surface area (Å²) in [4.78, 5) is 24.8. The van der Waals surface area contributed by atoms with Crippen LogP contribution in [0.15, 0.2) is 28.9 Å². The molecule has 1 fully saturated rings. The molecule has 2 aromatic rings. The number of nitrogens with zero attached hydrogens (tertiary/aromatic N) is 1. The van der Waals surface area contributed by atoms with Gasteiger partial charge in [0.25, 0.3) is 5.91 Å². The van der Waals surface area contributed by atoms with Crippen LogP contribution in [0.5, 0.6) is 0 Å². The van der Waals surface area contributed by atoms with Gasteiger partial charge in [-0.15, -0.1) is 0 Å². The van der Waals surface area contributed by atoms with Gasteiger partial charge in [0.1, 0.15) is 11.8 Å². The number of aliphatic carboxylic acids is 1. The van der Waals surface area contributed by atoms with Crippen LogP contribution in [0.1, 0.15) is 22.8 Å². The molecular formula is C17H16F3NO4. The average Bonchev–Trinajstić information content (AvgIpc) is 3.17. The van der Waals surface area contributed by atoms with E-state index < -0.39 is 43.0 Å². The van der Waals surface area contributed by atoms with Crippen LogP contribution < -0.4 is 0 Å². The number of carbonyl (C=O) groups excluding carboxylic acids is 1. The first-order valence-corrected chi connectivity index (χ1v) is 7.81. The maximum Gasteiger partial charge on any atom is 0.394 e. The molecular weight excluding hydrogens is 339 g/mol. The molecule has 1 saturated heterocycles. The number of carboxylic acid groups (broad SMARTS) is 1. The number of hydrogen-bond donors (Lipinski definition) is 1. The van der Waals surface area contributed by atoms with E-state index in [4.69, 9.17) is 9.52 Å². The minimum absolute atomic E-state index is 0.150. The summed E-state index contributed by atoms with van der Waals surface area (Å²) in [5.74, 6) is -5.93. The average molecular weight is 355 g/mol. The summed E-state index contributed by atoms with van der Waals surface area (Å²) < 4.78 is 44.6. The second kappa shape index (κ2) is 6.09. The number of aryl methyl sites for hydroxylation is 1. The topological polar surface area (TPSA) is 70.8 Å². The number of amides is 1. The lowest BCUT2D eigenvalue weighted by atomic mass is 9.96. The molecule has 8 heteroatoms. The van der Waals surface area contributed by atoms with E-state index in [1.807, 2.05) is 13.0 Å². The summed E-state index contributed by atoms with van der Waals surface area (Å²) in [6.45, 7) is 0.798. The molecule has 1 N–H and O–H groups in total. The summed E-state index contributed by atoms with van der Waals surface area (Å²) in [5, 5.41) is 9.58. The van der Waals surface area contributed by atoms with Crippen LogP contribution in [-0.4, -0.2) is 41.1 Å². The molecule has 1 amide bonds. The van der Waals surface area contributed by atoms with Crippen molar-refractivity contribution in [3.8, 4) is 0 Å². The van der Waals surface area contributed by atoms with Crippen molar-refractivity contribution in [2.24, 2.45) is 11.8 Å². The molecule has 5 nitrogen and oxygen atoms in total. The van der Waals surface area contributed by atoms with Crippen LogP contribution in [0.25, 0.3) is 11.0 Å². The first kappa shape index (κ1) is 17.3. The molecule has 0 aliphatic carbocycles. The van der Waals surface area contributed by atoms with E-state index in [9.17, 15) is 22.8 Å². The van der Waals surface area contributed by atoms with Gasteiger partial charge in [-0.3, -0.25) is 9.59 Å². The fraction of sp³-hybridized carbons (Fsp3) is 0.412. The van der Waals surface area contributed by atoms with E-state index in [2.05, 4.69) is 0 Å². The third-order valence-electron chi connectivity index (χ3n) is 4.62. The van der Waals surface area contributed by atoms with E-state index in [1.165, 1.54) is 6.26 Å².